The normalized spacial score (nSPS) is 10.2. The lowest BCUT2D eigenvalue weighted by atomic mass is 10.1. The van der Waals surface area contributed by atoms with E-state index in [1.807, 2.05) is 19.9 Å². The largest absolute Gasteiger partial charge is 0.358 e. The number of thiocarbonyl (C=S) groups is 1. The van der Waals surface area contributed by atoms with E-state index in [1.165, 1.54) is 12.1 Å². The fourth-order valence-corrected chi connectivity index (χ4v) is 2.30. The van der Waals surface area contributed by atoms with E-state index < -0.39 is 4.92 Å². The van der Waals surface area contributed by atoms with Gasteiger partial charge in [0.25, 0.3) is 11.2 Å². The Labute approximate surface area is 137 Å². The van der Waals surface area contributed by atoms with Gasteiger partial charge in [-0.1, -0.05) is 0 Å². The van der Waals surface area contributed by atoms with E-state index in [0.717, 1.165) is 11.3 Å². The zero-order valence-corrected chi connectivity index (χ0v) is 13.5. The van der Waals surface area contributed by atoms with E-state index in [9.17, 15) is 14.9 Å². The molecule has 3 N–H and O–H groups in total. The van der Waals surface area contributed by atoms with Gasteiger partial charge in [0.05, 0.1) is 4.92 Å². The number of nitro groups is 1. The molecule has 0 aliphatic carbocycles. The van der Waals surface area contributed by atoms with Crippen molar-refractivity contribution >= 4 is 28.7 Å². The summed E-state index contributed by atoms with van der Waals surface area (Å²) in [4.78, 5) is 24.8. The first-order valence-electron chi connectivity index (χ1n) is 6.85. The van der Waals surface area contributed by atoms with Gasteiger partial charge >= 0.3 is 0 Å². The molecular formula is C15H16N4O3S. The lowest BCUT2D eigenvalue weighted by molar-refractivity contribution is -0.384. The molecule has 0 aliphatic heterocycles. The maximum Gasteiger partial charge on any atom is 0.269 e. The number of pyridine rings is 1. The maximum atomic E-state index is 11.9. The summed E-state index contributed by atoms with van der Waals surface area (Å²) in [5, 5.41) is 16.8. The van der Waals surface area contributed by atoms with Crippen molar-refractivity contribution < 1.29 is 4.92 Å². The molecule has 23 heavy (non-hydrogen) atoms. The number of benzene rings is 1. The van der Waals surface area contributed by atoms with Crippen molar-refractivity contribution in [3.8, 4) is 0 Å². The lowest BCUT2D eigenvalue weighted by Gasteiger charge is -2.11. The van der Waals surface area contributed by atoms with Crippen LogP contribution in [0.25, 0.3) is 0 Å². The monoisotopic (exact) mass is 332 g/mol. The van der Waals surface area contributed by atoms with Crippen LogP contribution in [0.3, 0.4) is 0 Å². The number of nitrogens with zero attached hydrogens (tertiary/aromatic N) is 1. The molecule has 1 aromatic heterocycles. The van der Waals surface area contributed by atoms with Gasteiger partial charge in [-0.3, -0.25) is 14.9 Å². The highest BCUT2D eigenvalue weighted by molar-refractivity contribution is 7.80. The van der Waals surface area contributed by atoms with Crippen LogP contribution < -0.4 is 16.2 Å². The molecule has 0 atom stereocenters. The molecule has 1 heterocycles. The number of anilines is 1. The van der Waals surface area contributed by atoms with Gasteiger partial charge in [-0.15, -0.1) is 0 Å². The van der Waals surface area contributed by atoms with Gasteiger partial charge in [-0.2, -0.15) is 0 Å². The molecule has 0 spiro atoms. The quantitative estimate of drug-likeness (QED) is 0.451. The first-order chi connectivity index (χ1) is 10.9. The lowest BCUT2D eigenvalue weighted by Crippen LogP contribution is -2.31. The Hall–Kier alpha value is -2.74. The number of hydrogen-bond acceptors (Lipinski definition) is 4. The van der Waals surface area contributed by atoms with E-state index in [0.29, 0.717) is 22.9 Å². The Morgan fingerprint density at radius 2 is 1.96 bits per heavy atom. The van der Waals surface area contributed by atoms with Crippen molar-refractivity contribution in [2.24, 2.45) is 0 Å². The molecule has 1 aromatic carbocycles. The van der Waals surface area contributed by atoms with Gasteiger partial charge in [0.1, 0.15) is 0 Å². The summed E-state index contributed by atoms with van der Waals surface area (Å²) < 4.78 is 0. The molecule has 0 aliphatic rings. The second kappa shape index (κ2) is 7.01. The molecule has 8 heteroatoms. The highest BCUT2D eigenvalue weighted by Gasteiger charge is 2.07. The smallest absolute Gasteiger partial charge is 0.269 e. The summed E-state index contributed by atoms with van der Waals surface area (Å²) >= 11 is 5.16. The topological polar surface area (TPSA) is 100 Å². The van der Waals surface area contributed by atoms with Crippen LogP contribution in [0.4, 0.5) is 11.4 Å². The molecule has 0 saturated heterocycles. The molecule has 0 amide bonds. The SMILES string of the molecule is Cc1cc(C)c(CNC(=S)Nc2ccc([N+](=O)[O-])cc2)c(=O)[nH]1. The van der Waals surface area contributed by atoms with Gasteiger partial charge in [0.2, 0.25) is 0 Å². The molecule has 120 valence electrons. The second-order valence-corrected chi connectivity index (χ2v) is 5.46. The van der Waals surface area contributed by atoms with Crippen LogP contribution in [0.5, 0.6) is 0 Å². The molecule has 0 saturated carbocycles. The second-order valence-electron chi connectivity index (χ2n) is 5.05. The van der Waals surface area contributed by atoms with E-state index in [2.05, 4.69) is 15.6 Å². The molecule has 0 unspecified atom stereocenters. The van der Waals surface area contributed by atoms with Gasteiger partial charge in [-0.25, -0.2) is 0 Å². The van der Waals surface area contributed by atoms with E-state index in [1.54, 1.807) is 12.1 Å². The van der Waals surface area contributed by atoms with Crippen molar-refractivity contribution in [1.29, 1.82) is 0 Å². The Bertz CT molecular complexity index is 799. The van der Waals surface area contributed by atoms with Crippen LogP contribution >= 0.6 is 12.2 Å². The van der Waals surface area contributed by atoms with Crippen LogP contribution in [0.2, 0.25) is 0 Å². The fourth-order valence-electron chi connectivity index (χ4n) is 2.11. The fraction of sp³-hybridized carbons (Fsp3) is 0.200. The van der Waals surface area contributed by atoms with Gasteiger partial charge in [0, 0.05) is 35.6 Å². The Morgan fingerprint density at radius 3 is 2.52 bits per heavy atom. The third-order valence-corrected chi connectivity index (χ3v) is 3.50. The first-order valence-corrected chi connectivity index (χ1v) is 7.26. The molecule has 0 radical (unpaired) electrons. The van der Waals surface area contributed by atoms with Crippen molar-refractivity contribution in [3.63, 3.8) is 0 Å². The minimum absolute atomic E-state index is 0.0104. The number of aromatic nitrogens is 1. The number of nitrogens with one attached hydrogen (secondary N) is 3. The van der Waals surface area contributed by atoms with Crippen LogP contribution in [-0.2, 0) is 6.54 Å². The summed E-state index contributed by atoms with van der Waals surface area (Å²) in [5.41, 5.74) is 2.80. The van der Waals surface area contributed by atoms with E-state index in [4.69, 9.17) is 12.2 Å². The number of H-pyrrole nitrogens is 1. The van der Waals surface area contributed by atoms with Crippen LogP contribution in [0.1, 0.15) is 16.8 Å². The minimum atomic E-state index is -0.465. The number of hydrogen-bond donors (Lipinski definition) is 3. The summed E-state index contributed by atoms with van der Waals surface area (Å²) in [7, 11) is 0. The van der Waals surface area contributed by atoms with Gasteiger partial charge < -0.3 is 15.6 Å². The molecule has 2 aromatic rings. The number of rotatable bonds is 4. The van der Waals surface area contributed by atoms with Gasteiger partial charge in [0.15, 0.2) is 5.11 Å². The molecule has 2 rings (SSSR count). The zero-order valence-electron chi connectivity index (χ0n) is 12.7. The first kappa shape index (κ1) is 16.6. The predicted molar refractivity (Wildman–Crippen MR) is 92.7 cm³/mol. The number of aryl methyl sites for hydroxylation is 2. The van der Waals surface area contributed by atoms with Crippen molar-refractivity contribution in [3.05, 3.63) is 67.6 Å². The third-order valence-electron chi connectivity index (χ3n) is 3.26. The Kier molecular flexibility index (Phi) is 5.07. The Morgan fingerprint density at radius 1 is 1.30 bits per heavy atom. The Balaban J connectivity index is 1.98. The van der Waals surface area contributed by atoms with Crippen molar-refractivity contribution in [2.75, 3.05) is 5.32 Å². The average Bonchev–Trinajstić information content (AvgIpc) is 2.46. The maximum absolute atomic E-state index is 11.9. The summed E-state index contributed by atoms with van der Waals surface area (Å²) in [6, 6.07) is 7.80. The standard InChI is InChI=1S/C15H16N4O3S/c1-9-7-10(2)17-14(20)13(9)8-16-15(23)18-11-3-5-12(6-4-11)19(21)22/h3-7H,8H2,1-2H3,(H,17,20)(H2,16,18,23). The number of nitro benzene ring substituents is 1. The molecular weight excluding hydrogens is 316 g/mol. The number of non-ortho nitro benzene ring substituents is 1. The van der Waals surface area contributed by atoms with Gasteiger partial charge in [-0.05, 0) is 49.8 Å². The van der Waals surface area contributed by atoms with Crippen LogP contribution in [0, 0.1) is 24.0 Å². The van der Waals surface area contributed by atoms with Crippen LogP contribution in [-0.4, -0.2) is 15.0 Å². The summed E-state index contributed by atoms with van der Waals surface area (Å²) in [6.45, 7) is 3.98. The average molecular weight is 332 g/mol. The summed E-state index contributed by atoms with van der Waals surface area (Å²) in [6.07, 6.45) is 0. The zero-order chi connectivity index (χ0) is 17.0. The predicted octanol–water partition coefficient (Wildman–Crippen LogP) is 2.39. The third kappa shape index (κ3) is 4.36. The highest BCUT2D eigenvalue weighted by atomic mass is 32.1. The van der Waals surface area contributed by atoms with Crippen molar-refractivity contribution in [2.45, 2.75) is 20.4 Å². The molecule has 0 bridgehead atoms. The van der Waals surface area contributed by atoms with Crippen molar-refractivity contribution in [1.82, 2.24) is 10.3 Å². The summed E-state index contributed by atoms with van der Waals surface area (Å²) in [5.74, 6) is 0. The van der Waals surface area contributed by atoms with Crippen LogP contribution in [0.15, 0.2) is 35.1 Å². The van der Waals surface area contributed by atoms with E-state index in [-0.39, 0.29) is 11.2 Å². The molecule has 7 nitrogen and oxygen atoms in total. The minimum Gasteiger partial charge on any atom is -0.358 e. The molecule has 0 fully saturated rings. The van der Waals surface area contributed by atoms with E-state index >= 15 is 0 Å². The number of aromatic amines is 1. The highest BCUT2D eigenvalue weighted by Crippen LogP contribution is 2.15.